The van der Waals surface area contributed by atoms with Crippen LogP contribution >= 0.6 is 0 Å². The number of anilines is 1. The van der Waals surface area contributed by atoms with Crippen molar-refractivity contribution in [3.8, 4) is 11.1 Å². The van der Waals surface area contributed by atoms with Gasteiger partial charge in [-0.05, 0) is 61.7 Å². The smallest absolute Gasteiger partial charge is 0.371 e. The van der Waals surface area contributed by atoms with Crippen molar-refractivity contribution in [3.63, 3.8) is 0 Å². The molecule has 2 aliphatic rings. The van der Waals surface area contributed by atoms with Crippen molar-refractivity contribution in [2.75, 3.05) is 25.0 Å². The van der Waals surface area contributed by atoms with Gasteiger partial charge in [-0.25, -0.2) is 4.98 Å². The van der Waals surface area contributed by atoms with E-state index >= 15 is 0 Å². The minimum absolute atomic E-state index is 0.0950. The van der Waals surface area contributed by atoms with Crippen LogP contribution in [0.4, 0.5) is 18.9 Å². The van der Waals surface area contributed by atoms with Crippen molar-refractivity contribution in [1.82, 2.24) is 19.9 Å². The van der Waals surface area contributed by atoms with Crippen LogP contribution in [0.1, 0.15) is 36.1 Å². The Morgan fingerprint density at radius 3 is 2.50 bits per heavy atom. The van der Waals surface area contributed by atoms with Crippen molar-refractivity contribution < 1.29 is 18.0 Å². The number of carbonyl (C=O) groups is 1. The van der Waals surface area contributed by atoms with Gasteiger partial charge in [-0.15, -0.1) is 0 Å². The average molecular weight is 549 g/mol. The van der Waals surface area contributed by atoms with E-state index in [1.54, 1.807) is 42.1 Å². The molecule has 0 aliphatic carbocycles. The number of fused-ring (bicyclic) bond motifs is 1. The van der Waals surface area contributed by atoms with Gasteiger partial charge in [0.15, 0.2) is 0 Å². The van der Waals surface area contributed by atoms with Crippen LogP contribution in [0.5, 0.6) is 0 Å². The summed E-state index contributed by atoms with van der Waals surface area (Å²) >= 11 is 0. The van der Waals surface area contributed by atoms with Gasteiger partial charge in [0.1, 0.15) is 5.65 Å². The quantitative estimate of drug-likeness (QED) is 0.339. The molecular formula is C30H31F3N6O. The highest BCUT2D eigenvalue weighted by atomic mass is 19.4. The Hall–Kier alpha value is -4.18. The summed E-state index contributed by atoms with van der Waals surface area (Å²) < 4.78 is 39.0. The Balaban J connectivity index is 0.000000165. The van der Waals surface area contributed by atoms with Crippen LogP contribution in [0.2, 0.25) is 0 Å². The SMILES string of the molecule is CN1C=C(c2cc(-c3cnc4[nH]ccc4c3)ccn2)CC1=O.Cc1ccc(N2CCC(N)CC2)c(C(F)(F)F)c1. The number of nitrogens with zero attached hydrogens (tertiary/aromatic N) is 4. The lowest BCUT2D eigenvalue weighted by molar-refractivity contribution is -0.137. The van der Waals surface area contributed by atoms with Crippen LogP contribution in [0, 0.1) is 6.92 Å². The molecule has 0 spiro atoms. The molecule has 6 rings (SSSR count). The fourth-order valence-corrected chi connectivity index (χ4v) is 4.97. The number of pyridine rings is 2. The minimum Gasteiger partial charge on any atom is -0.371 e. The number of aromatic nitrogens is 3. The predicted octanol–water partition coefficient (Wildman–Crippen LogP) is 5.77. The summed E-state index contributed by atoms with van der Waals surface area (Å²) in [4.78, 5) is 27.0. The van der Waals surface area contributed by atoms with Gasteiger partial charge in [0.2, 0.25) is 5.91 Å². The molecule has 10 heteroatoms. The van der Waals surface area contributed by atoms with E-state index < -0.39 is 11.7 Å². The Bertz CT molecular complexity index is 1550. The zero-order valence-electron chi connectivity index (χ0n) is 22.4. The third kappa shape index (κ3) is 6.02. The van der Waals surface area contributed by atoms with E-state index in [1.807, 2.05) is 36.8 Å². The Morgan fingerprint density at radius 2 is 1.80 bits per heavy atom. The van der Waals surface area contributed by atoms with Gasteiger partial charge in [0, 0.05) is 73.2 Å². The van der Waals surface area contributed by atoms with Crippen molar-refractivity contribution in [3.05, 3.63) is 84.1 Å². The number of nitrogens with one attached hydrogen (secondary N) is 1. The third-order valence-corrected chi connectivity index (χ3v) is 7.24. The average Bonchev–Trinajstić information content (AvgIpc) is 3.54. The zero-order valence-corrected chi connectivity index (χ0v) is 22.4. The van der Waals surface area contributed by atoms with Gasteiger partial charge in [-0.2, -0.15) is 13.2 Å². The number of piperidine rings is 1. The highest BCUT2D eigenvalue weighted by Crippen LogP contribution is 2.38. The number of alkyl halides is 3. The van der Waals surface area contributed by atoms with Gasteiger partial charge in [-0.1, -0.05) is 11.6 Å². The number of H-pyrrole nitrogens is 1. The molecule has 1 amide bonds. The van der Waals surface area contributed by atoms with E-state index in [-0.39, 0.29) is 17.6 Å². The van der Waals surface area contributed by atoms with Crippen molar-refractivity contribution in [2.45, 2.75) is 38.4 Å². The van der Waals surface area contributed by atoms with Crippen LogP contribution in [0.15, 0.2) is 67.3 Å². The molecule has 4 aromatic rings. The first-order valence-electron chi connectivity index (χ1n) is 13.1. The van der Waals surface area contributed by atoms with E-state index in [0.717, 1.165) is 46.3 Å². The van der Waals surface area contributed by atoms with Crippen molar-refractivity contribution in [1.29, 1.82) is 0 Å². The molecule has 0 atom stereocenters. The fourth-order valence-electron chi connectivity index (χ4n) is 4.97. The molecule has 1 aromatic carbocycles. The predicted molar refractivity (Wildman–Crippen MR) is 150 cm³/mol. The van der Waals surface area contributed by atoms with Crippen molar-refractivity contribution >= 4 is 28.2 Å². The summed E-state index contributed by atoms with van der Waals surface area (Å²) in [5.74, 6) is 0.0950. The highest BCUT2D eigenvalue weighted by molar-refractivity contribution is 5.94. The number of carbonyl (C=O) groups excluding carboxylic acids is 1. The lowest BCUT2D eigenvalue weighted by Gasteiger charge is -2.33. The van der Waals surface area contributed by atoms with Gasteiger partial charge in [0.05, 0.1) is 17.7 Å². The van der Waals surface area contributed by atoms with Crippen molar-refractivity contribution in [2.24, 2.45) is 5.73 Å². The van der Waals surface area contributed by atoms with E-state index in [0.29, 0.717) is 25.1 Å². The highest BCUT2D eigenvalue weighted by Gasteiger charge is 2.35. The summed E-state index contributed by atoms with van der Waals surface area (Å²) in [6.45, 7) is 2.85. The maximum Gasteiger partial charge on any atom is 0.418 e. The molecular weight excluding hydrogens is 517 g/mol. The summed E-state index contributed by atoms with van der Waals surface area (Å²) in [6, 6.07) is 12.7. The van der Waals surface area contributed by atoms with E-state index in [4.69, 9.17) is 5.73 Å². The molecule has 0 saturated carbocycles. The molecule has 3 N–H and O–H groups in total. The van der Waals surface area contributed by atoms with Gasteiger partial charge < -0.3 is 20.5 Å². The largest absolute Gasteiger partial charge is 0.418 e. The maximum atomic E-state index is 13.0. The number of benzene rings is 1. The monoisotopic (exact) mass is 548 g/mol. The van der Waals surface area contributed by atoms with Gasteiger partial charge in [0.25, 0.3) is 0 Å². The second-order valence-corrected chi connectivity index (χ2v) is 10.2. The first-order valence-corrected chi connectivity index (χ1v) is 13.1. The molecule has 7 nitrogen and oxygen atoms in total. The Labute approximate surface area is 230 Å². The molecule has 1 saturated heterocycles. The second kappa shape index (κ2) is 11.1. The van der Waals surface area contributed by atoms with E-state index in [2.05, 4.69) is 21.0 Å². The zero-order chi connectivity index (χ0) is 28.4. The molecule has 1 fully saturated rings. The lowest BCUT2D eigenvalue weighted by Crippen LogP contribution is -2.40. The number of aromatic amines is 1. The van der Waals surface area contributed by atoms with Crippen LogP contribution < -0.4 is 10.6 Å². The van der Waals surface area contributed by atoms with E-state index in [9.17, 15) is 18.0 Å². The van der Waals surface area contributed by atoms with Gasteiger partial charge in [-0.3, -0.25) is 9.78 Å². The standard InChI is InChI=1S/C17H14N4O.C13H17F3N2/c1-21-10-14(8-16(21)22)15-7-11(2-4-18-15)13-6-12-3-5-19-17(12)20-9-13;1-9-2-3-12(11(8-9)13(14,15)16)18-6-4-10(17)5-7-18/h2-7,9-10H,8H2,1H3,(H,19,20);2-3,8,10H,4-7,17H2,1H3. The number of rotatable bonds is 3. The van der Waals surface area contributed by atoms with Crippen LogP contribution in [0.3, 0.4) is 0 Å². The van der Waals surface area contributed by atoms with E-state index in [1.165, 1.54) is 6.07 Å². The van der Waals surface area contributed by atoms with Crippen LogP contribution in [-0.4, -0.2) is 51.9 Å². The lowest BCUT2D eigenvalue weighted by atomic mass is 10.0. The Morgan fingerprint density at radius 1 is 1.02 bits per heavy atom. The number of hydrogen-bond acceptors (Lipinski definition) is 5. The molecule has 40 heavy (non-hydrogen) atoms. The number of nitrogens with two attached hydrogens (primary N) is 1. The fraction of sp³-hybridized carbons (Fsp3) is 0.300. The summed E-state index contributed by atoms with van der Waals surface area (Å²) in [5.41, 5.74) is 10.9. The maximum absolute atomic E-state index is 13.0. The second-order valence-electron chi connectivity index (χ2n) is 10.2. The molecule has 208 valence electrons. The number of halogens is 3. The normalized spacial score (nSPS) is 16.2. The summed E-state index contributed by atoms with van der Waals surface area (Å²) in [5, 5.41) is 1.07. The first-order chi connectivity index (χ1) is 19.1. The van der Waals surface area contributed by atoms with Gasteiger partial charge >= 0.3 is 6.18 Å². The molecule has 0 radical (unpaired) electrons. The molecule has 5 heterocycles. The number of amides is 1. The number of hydrogen-bond donors (Lipinski definition) is 2. The molecule has 2 aliphatic heterocycles. The summed E-state index contributed by atoms with van der Waals surface area (Å²) in [7, 11) is 1.77. The summed E-state index contributed by atoms with van der Waals surface area (Å²) in [6.07, 6.45) is 4.93. The molecule has 0 bridgehead atoms. The first kappa shape index (κ1) is 27.4. The topological polar surface area (TPSA) is 91.1 Å². The number of aryl methyl sites for hydroxylation is 1. The molecule has 3 aromatic heterocycles. The third-order valence-electron chi connectivity index (χ3n) is 7.24. The van der Waals surface area contributed by atoms with Crippen LogP contribution in [-0.2, 0) is 11.0 Å². The van der Waals surface area contributed by atoms with Crippen LogP contribution in [0.25, 0.3) is 27.7 Å². The Kier molecular flexibility index (Phi) is 7.62. The minimum atomic E-state index is -4.30. The molecule has 0 unspecified atom stereocenters.